The minimum absolute atomic E-state index is 0.264. The Morgan fingerprint density at radius 3 is 2.50 bits per heavy atom. The molecule has 0 radical (unpaired) electrons. The summed E-state index contributed by atoms with van der Waals surface area (Å²) in [5, 5.41) is 10.6. The summed E-state index contributed by atoms with van der Waals surface area (Å²) in [5.41, 5.74) is -0.732. The first-order valence-corrected chi connectivity index (χ1v) is 9.98. The summed E-state index contributed by atoms with van der Waals surface area (Å²) in [6.45, 7) is 0.999. The molecule has 142 valence electrons. The van der Waals surface area contributed by atoms with Crippen molar-refractivity contribution in [2.24, 2.45) is 0 Å². The first kappa shape index (κ1) is 20.2. The molecule has 0 aliphatic rings. The monoisotopic (exact) mass is 453 g/mol. The molecule has 0 aliphatic heterocycles. The molecule has 0 fully saturated rings. The number of halogens is 3. The topological polar surface area (TPSA) is 106 Å². The molecular formula is C15H14BrF2NO6S. The number of ether oxygens (including phenoxy) is 1. The maximum absolute atomic E-state index is 14.0. The zero-order valence-corrected chi connectivity index (χ0v) is 15.8. The summed E-state index contributed by atoms with van der Waals surface area (Å²) in [6, 6.07) is 2.95. The maximum atomic E-state index is 14.0. The molecule has 1 heterocycles. The van der Waals surface area contributed by atoms with Crippen molar-refractivity contribution in [3.63, 3.8) is 0 Å². The minimum Gasteiger partial charge on any atom is -0.502 e. The lowest BCUT2D eigenvalue weighted by Gasteiger charge is -2.06. The Hall–Kier alpha value is -2.14. The van der Waals surface area contributed by atoms with Gasteiger partial charge in [-0.3, -0.25) is 4.79 Å². The van der Waals surface area contributed by atoms with Crippen LogP contribution in [0.5, 0.6) is 11.5 Å². The highest BCUT2D eigenvalue weighted by atomic mass is 79.9. The van der Waals surface area contributed by atoms with E-state index in [1.54, 1.807) is 0 Å². The van der Waals surface area contributed by atoms with Gasteiger partial charge in [0, 0.05) is 12.3 Å². The predicted octanol–water partition coefficient (Wildman–Crippen LogP) is 3.38. The number of sulfonamides is 1. The van der Waals surface area contributed by atoms with Crippen LogP contribution in [0.15, 0.2) is 22.6 Å². The molecule has 0 amide bonds. The number of hydrogen-bond donors (Lipinski definition) is 2. The first-order valence-electron chi connectivity index (χ1n) is 7.21. The molecule has 0 spiro atoms. The van der Waals surface area contributed by atoms with Crippen molar-refractivity contribution in [3.05, 3.63) is 29.8 Å². The van der Waals surface area contributed by atoms with E-state index in [0.717, 1.165) is 25.1 Å². The SMILES string of the molecule is CC(=O)Oc1c(NS(=O)(=O)CCCBr)oc(-c2c(F)cccc2F)c1O. The second-order valence-corrected chi connectivity index (χ2v) is 7.73. The van der Waals surface area contributed by atoms with Crippen LogP contribution in [-0.4, -0.2) is 30.6 Å². The lowest BCUT2D eigenvalue weighted by Crippen LogP contribution is -2.17. The fraction of sp³-hybridized carbons (Fsp3) is 0.267. The summed E-state index contributed by atoms with van der Waals surface area (Å²) in [4.78, 5) is 11.2. The van der Waals surface area contributed by atoms with E-state index in [9.17, 15) is 27.1 Å². The van der Waals surface area contributed by atoms with Crippen molar-refractivity contribution in [1.82, 2.24) is 0 Å². The van der Waals surface area contributed by atoms with Gasteiger partial charge in [0.25, 0.3) is 5.88 Å². The quantitative estimate of drug-likeness (QED) is 0.491. The number of alkyl halides is 1. The van der Waals surface area contributed by atoms with Gasteiger partial charge in [-0.2, -0.15) is 0 Å². The Labute approximate surface area is 156 Å². The molecule has 1 aromatic carbocycles. The van der Waals surface area contributed by atoms with E-state index in [0.29, 0.717) is 5.33 Å². The number of anilines is 1. The van der Waals surface area contributed by atoms with Crippen LogP contribution in [0.3, 0.4) is 0 Å². The number of carbonyl (C=O) groups excluding carboxylic acids is 1. The fourth-order valence-electron chi connectivity index (χ4n) is 2.03. The van der Waals surface area contributed by atoms with Crippen molar-refractivity contribution in [3.8, 4) is 22.8 Å². The summed E-state index contributed by atoms with van der Waals surface area (Å²) < 4.78 is 63.8. The number of benzene rings is 1. The molecule has 1 aromatic heterocycles. The largest absolute Gasteiger partial charge is 0.502 e. The molecule has 2 rings (SSSR count). The summed E-state index contributed by atoms with van der Waals surface area (Å²) in [5.74, 6) is -6.29. The second-order valence-electron chi connectivity index (χ2n) is 5.09. The molecule has 0 unspecified atom stereocenters. The van der Waals surface area contributed by atoms with E-state index in [2.05, 4.69) is 15.9 Å². The first-order chi connectivity index (χ1) is 12.2. The Morgan fingerprint density at radius 1 is 1.35 bits per heavy atom. The molecule has 0 saturated heterocycles. The number of carbonyl (C=O) groups is 1. The van der Waals surface area contributed by atoms with E-state index in [1.807, 2.05) is 4.72 Å². The third kappa shape index (κ3) is 4.52. The molecule has 26 heavy (non-hydrogen) atoms. The molecule has 0 atom stereocenters. The minimum atomic E-state index is -3.92. The summed E-state index contributed by atoms with van der Waals surface area (Å²) in [6.07, 6.45) is 0.264. The van der Waals surface area contributed by atoms with Crippen molar-refractivity contribution < 1.29 is 36.3 Å². The van der Waals surface area contributed by atoms with E-state index in [1.165, 1.54) is 0 Å². The number of esters is 1. The van der Waals surface area contributed by atoms with Crippen molar-refractivity contribution in [2.45, 2.75) is 13.3 Å². The third-order valence-electron chi connectivity index (χ3n) is 3.07. The zero-order chi connectivity index (χ0) is 19.5. The number of nitrogens with one attached hydrogen (secondary N) is 1. The van der Waals surface area contributed by atoms with Crippen molar-refractivity contribution in [1.29, 1.82) is 0 Å². The van der Waals surface area contributed by atoms with Gasteiger partial charge in [-0.1, -0.05) is 22.0 Å². The lowest BCUT2D eigenvalue weighted by molar-refractivity contribution is -0.131. The van der Waals surface area contributed by atoms with Crippen LogP contribution in [0.1, 0.15) is 13.3 Å². The van der Waals surface area contributed by atoms with E-state index in [-0.39, 0.29) is 12.2 Å². The van der Waals surface area contributed by atoms with Crippen LogP contribution in [0, 0.1) is 11.6 Å². The van der Waals surface area contributed by atoms with Crippen molar-refractivity contribution in [2.75, 3.05) is 15.8 Å². The fourth-order valence-corrected chi connectivity index (χ4v) is 3.73. The van der Waals surface area contributed by atoms with Gasteiger partial charge in [0.1, 0.15) is 11.6 Å². The van der Waals surface area contributed by atoms with Gasteiger partial charge in [0.2, 0.25) is 21.5 Å². The number of aromatic hydroxyl groups is 1. The van der Waals surface area contributed by atoms with Crippen LogP contribution in [-0.2, 0) is 14.8 Å². The van der Waals surface area contributed by atoms with Crippen LogP contribution in [0.25, 0.3) is 11.3 Å². The number of rotatable bonds is 7. The molecule has 11 heteroatoms. The average Bonchev–Trinajstić information content (AvgIpc) is 2.81. The summed E-state index contributed by atoms with van der Waals surface area (Å²) in [7, 11) is -3.92. The van der Waals surface area contributed by atoms with Gasteiger partial charge in [-0.25, -0.2) is 21.9 Å². The second kappa shape index (κ2) is 8.04. The number of hydrogen-bond acceptors (Lipinski definition) is 6. The zero-order valence-electron chi connectivity index (χ0n) is 13.4. The smallest absolute Gasteiger partial charge is 0.308 e. The highest BCUT2D eigenvalue weighted by Crippen LogP contribution is 2.47. The van der Waals surface area contributed by atoms with Gasteiger partial charge in [-0.05, 0) is 18.6 Å². The Balaban J connectivity index is 2.56. The van der Waals surface area contributed by atoms with Crippen LogP contribution >= 0.6 is 15.9 Å². The number of furan rings is 1. The van der Waals surface area contributed by atoms with Gasteiger partial charge < -0.3 is 14.3 Å². The van der Waals surface area contributed by atoms with Gasteiger partial charge in [0.05, 0.1) is 11.3 Å². The van der Waals surface area contributed by atoms with Crippen LogP contribution < -0.4 is 9.46 Å². The van der Waals surface area contributed by atoms with Gasteiger partial charge >= 0.3 is 5.97 Å². The Bertz CT molecular complexity index is 908. The maximum Gasteiger partial charge on any atom is 0.308 e. The highest BCUT2D eigenvalue weighted by molar-refractivity contribution is 9.09. The predicted molar refractivity (Wildman–Crippen MR) is 92.9 cm³/mol. The average molecular weight is 454 g/mol. The molecule has 2 aromatic rings. The lowest BCUT2D eigenvalue weighted by atomic mass is 10.1. The standard InChI is InChI=1S/C15H14BrF2NO6S/c1-8(20)24-14-12(21)13(11-9(17)4-2-5-10(11)18)25-15(14)19-26(22,23)7-3-6-16/h2,4-5,19,21H,3,6-7H2,1H3. The molecular weight excluding hydrogens is 440 g/mol. The van der Waals surface area contributed by atoms with Gasteiger partial charge in [0.15, 0.2) is 5.76 Å². The highest BCUT2D eigenvalue weighted by Gasteiger charge is 2.29. The molecule has 0 aliphatic carbocycles. The van der Waals surface area contributed by atoms with Crippen LogP contribution in [0.2, 0.25) is 0 Å². The Morgan fingerprint density at radius 2 is 1.96 bits per heavy atom. The van der Waals surface area contributed by atoms with Crippen LogP contribution in [0.4, 0.5) is 14.7 Å². The van der Waals surface area contributed by atoms with Crippen molar-refractivity contribution >= 4 is 37.8 Å². The van der Waals surface area contributed by atoms with E-state index < -0.39 is 56.3 Å². The molecule has 7 nitrogen and oxygen atoms in total. The normalized spacial score (nSPS) is 11.4. The Kier molecular flexibility index (Phi) is 6.24. The molecule has 0 saturated carbocycles. The van der Waals surface area contributed by atoms with E-state index >= 15 is 0 Å². The van der Waals surface area contributed by atoms with E-state index in [4.69, 9.17) is 9.15 Å². The summed E-state index contributed by atoms with van der Waals surface area (Å²) >= 11 is 3.09. The third-order valence-corrected chi connectivity index (χ3v) is 4.95. The molecule has 2 N–H and O–H groups in total. The molecule has 0 bridgehead atoms. The van der Waals surface area contributed by atoms with Gasteiger partial charge in [-0.15, -0.1) is 0 Å².